The number of aromatic hydroxyl groups is 1. The van der Waals surface area contributed by atoms with E-state index in [1.54, 1.807) is 0 Å². The van der Waals surface area contributed by atoms with Gasteiger partial charge in [-0.25, -0.2) is 0 Å². The number of rotatable bonds is 17. The zero-order valence-electron chi connectivity index (χ0n) is 27.5. The summed E-state index contributed by atoms with van der Waals surface area (Å²) in [5.41, 5.74) is 12.9. The van der Waals surface area contributed by atoms with Gasteiger partial charge >= 0.3 is 5.97 Å². The van der Waals surface area contributed by atoms with Crippen molar-refractivity contribution in [3.05, 3.63) is 23.3 Å². The van der Waals surface area contributed by atoms with Crippen molar-refractivity contribution in [1.29, 1.82) is 0 Å². The fraction of sp³-hybridized carbons (Fsp3) is 0.743. The summed E-state index contributed by atoms with van der Waals surface area (Å²) in [6.45, 7) is 4.96. The molecule has 1 saturated heterocycles. The van der Waals surface area contributed by atoms with Crippen LogP contribution in [0.4, 0.5) is 0 Å². The minimum Gasteiger partial charge on any atom is -0.504 e. The molecule has 2 aliphatic carbocycles. The van der Waals surface area contributed by atoms with E-state index in [1.807, 2.05) is 17.0 Å². The van der Waals surface area contributed by atoms with Crippen LogP contribution in [0.1, 0.15) is 121 Å². The number of hydrogen-bond acceptors (Lipinski definition) is 7. The Morgan fingerprint density at radius 3 is 2.53 bits per heavy atom. The van der Waals surface area contributed by atoms with Crippen molar-refractivity contribution in [2.45, 2.75) is 141 Å². The molecule has 0 radical (unpaired) electrons. The van der Waals surface area contributed by atoms with Crippen LogP contribution >= 0.6 is 0 Å². The predicted octanol–water partition coefficient (Wildman–Crippen LogP) is 5.09. The number of ether oxygens (including phenoxy) is 2. The number of aryl methyl sites for hydroxylation is 1. The van der Waals surface area contributed by atoms with E-state index < -0.39 is 12.2 Å². The highest BCUT2D eigenvalue weighted by Crippen LogP contribution is 2.49. The molecule has 1 aromatic carbocycles. The van der Waals surface area contributed by atoms with Crippen LogP contribution in [0.3, 0.4) is 0 Å². The maximum Gasteiger partial charge on any atom is 0.302 e. The summed E-state index contributed by atoms with van der Waals surface area (Å²) in [6, 6.07) is 3.84. The van der Waals surface area contributed by atoms with Crippen molar-refractivity contribution in [2.24, 2.45) is 27.8 Å². The number of phenolic OH excluding ortho intramolecular Hbond substituents is 1. The zero-order valence-corrected chi connectivity index (χ0v) is 27.5. The van der Waals surface area contributed by atoms with Gasteiger partial charge in [-0.3, -0.25) is 14.6 Å². The van der Waals surface area contributed by atoms with E-state index in [1.165, 1.54) is 6.92 Å². The molecule has 45 heavy (non-hydrogen) atoms. The number of phenols is 1. The van der Waals surface area contributed by atoms with Crippen molar-refractivity contribution < 1.29 is 29.3 Å². The lowest BCUT2D eigenvalue weighted by Crippen LogP contribution is -2.35. The number of unbranched alkanes of at least 4 members (excludes halogenated alkanes) is 2. The van der Waals surface area contributed by atoms with E-state index in [0.29, 0.717) is 56.5 Å². The number of esters is 1. The molecule has 4 rings (SSSR count). The van der Waals surface area contributed by atoms with Crippen LogP contribution in [0, 0.1) is 11.3 Å². The Labute approximate surface area is 268 Å². The van der Waals surface area contributed by atoms with Crippen LogP contribution < -0.4 is 16.2 Å². The summed E-state index contributed by atoms with van der Waals surface area (Å²) in [5.74, 6) is 0.483. The van der Waals surface area contributed by atoms with Crippen molar-refractivity contribution in [1.82, 2.24) is 4.90 Å². The van der Waals surface area contributed by atoms with Gasteiger partial charge < -0.3 is 36.1 Å². The van der Waals surface area contributed by atoms with Gasteiger partial charge in [-0.05, 0) is 80.8 Å². The molecule has 1 aromatic rings. The molecular formula is C35H56N4O6. The van der Waals surface area contributed by atoms with Crippen LogP contribution in [0.5, 0.6) is 11.5 Å². The maximum absolute atomic E-state index is 13.4. The normalized spacial score (nSPS) is 21.2. The number of aliphatic hydroxyl groups is 1. The Balaban J connectivity index is 1.51. The second kappa shape index (κ2) is 16.5. The van der Waals surface area contributed by atoms with Gasteiger partial charge in [0.2, 0.25) is 5.91 Å². The molecule has 0 unspecified atom stereocenters. The molecule has 1 aliphatic heterocycles. The van der Waals surface area contributed by atoms with Crippen LogP contribution in [-0.2, 0) is 27.3 Å². The SMILES string of the molecule is CCCCC[C@H](O)C[C@@H](CCc1cc(CN2C[C@H](C3(CN=C(N)N)CCCC3)CC2=O)c(O)c(OC2CCCC2)c1)OC(C)=O. The Kier molecular flexibility index (Phi) is 12.8. The van der Waals surface area contributed by atoms with Gasteiger partial charge in [0.1, 0.15) is 6.10 Å². The van der Waals surface area contributed by atoms with Gasteiger partial charge in [0.15, 0.2) is 17.5 Å². The van der Waals surface area contributed by atoms with Crippen LogP contribution in [0.15, 0.2) is 17.1 Å². The number of aliphatic hydroxyl groups excluding tert-OH is 1. The number of nitrogens with two attached hydrogens (primary N) is 2. The lowest BCUT2D eigenvalue weighted by molar-refractivity contribution is -0.148. The Hall–Kier alpha value is -3.01. The topological polar surface area (TPSA) is 161 Å². The number of nitrogens with zero attached hydrogens (tertiary/aromatic N) is 2. The van der Waals surface area contributed by atoms with Gasteiger partial charge in [-0.1, -0.05) is 45.1 Å². The van der Waals surface area contributed by atoms with E-state index in [9.17, 15) is 19.8 Å². The summed E-state index contributed by atoms with van der Waals surface area (Å²) >= 11 is 0. The summed E-state index contributed by atoms with van der Waals surface area (Å²) < 4.78 is 11.9. The summed E-state index contributed by atoms with van der Waals surface area (Å²) in [5, 5.41) is 22.0. The minimum absolute atomic E-state index is 0.0571. The fourth-order valence-electron chi connectivity index (χ4n) is 7.67. The van der Waals surface area contributed by atoms with Crippen LogP contribution in [-0.4, -0.2) is 64.4 Å². The smallest absolute Gasteiger partial charge is 0.302 e. The van der Waals surface area contributed by atoms with E-state index in [-0.39, 0.29) is 47.6 Å². The van der Waals surface area contributed by atoms with Crippen molar-refractivity contribution in [3.8, 4) is 11.5 Å². The van der Waals surface area contributed by atoms with E-state index in [2.05, 4.69) is 11.9 Å². The first-order valence-corrected chi connectivity index (χ1v) is 17.3. The van der Waals surface area contributed by atoms with Crippen molar-refractivity contribution >= 4 is 17.8 Å². The van der Waals surface area contributed by atoms with Crippen molar-refractivity contribution in [2.75, 3.05) is 13.1 Å². The molecular weight excluding hydrogens is 572 g/mol. The second-order valence-corrected chi connectivity index (χ2v) is 13.8. The van der Waals surface area contributed by atoms with Crippen molar-refractivity contribution in [3.63, 3.8) is 0 Å². The maximum atomic E-state index is 13.4. The lowest BCUT2D eigenvalue weighted by Gasteiger charge is -2.33. The highest BCUT2D eigenvalue weighted by Gasteiger charge is 2.46. The molecule has 6 N–H and O–H groups in total. The average molecular weight is 629 g/mol. The Morgan fingerprint density at radius 2 is 1.87 bits per heavy atom. The standard InChI is InChI=1S/C35H56N4O6/c1-3-4-5-10-28(41)20-30(44-24(2)40)14-13-25-17-26(33(43)31(18-25)45-29-11-6-7-12-29)21-39-22-27(19-32(39)42)35(15-8-9-16-35)23-38-34(36)37/h17-18,27-30,41,43H,3-16,19-23H2,1-2H3,(H4,36,37,38)/t27-,28+,30-/m1/s1. The first-order chi connectivity index (χ1) is 21.6. The van der Waals surface area contributed by atoms with Gasteiger partial charge in [0.25, 0.3) is 0 Å². The Bertz CT molecular complexity index is 1160. The second-order valence-electron chi connectivity index (χ2n) is 13.8. The number of hydrogen-bond donors (Lipinski definition) is 4. The van der Waals surface area contributed by atoms with Gasteiger partial charge in [-0.15, -0.1) is 0 Å². The third-order valence-corrected chi connectivity index (χ3v) is 10.2. The summed E-state index contributed by atoms with van der Waals surface area (Å²) in [4.78, 5) is 31.5. The number of carbonyl (C=O) groups is 2. The summed E-state index contributed by atoms with van der Waals surface area (Å²) in [7, 11) is 0. The van der Waals surface area contributed by atoms with Gasteiger partial charge in [0, 0.05) is 45.0 Å². The highest BCUT2D eigenvalue weighted by atomic mass is 16.5. The molecule has 3 aliphatic rings. The molecule has 0 bridgehead atoms. The number of carbonyl (C=O) groups excluding carboxylic acids is 2. The number of guanidine groups is 1. The third kappa shape index (κ3) is 9.99. The number of amides is 1. The number of likely N-dealkylation sites (tertiary alicyclic amines) is 1. The first-order valence-electron chi connectivity index (χ1n) is 17.3. The van der Waals surface area contributed by atoms with Crippen LogP contribution in [0.2, 0.25) is 0 Å². The molecule has 252 valence electrons. The molecule has 10 nitrogen and oxygen atoms in total. The molecule has 10 heteroatoms. The van der Waals surface area contributed by atoms with E-state index in [0.717, 1.165) is 76.2 Å². The Morgan fingerprint density at radius 1 is 1.13 bits per heavy atom. The monoisotopic (exact) mass is 628 g/mol. The minimum atomic E-state index is -0.526. The van der Waals surface area contributed by atoms with Crippen LogP contribution in [0.25, 0.3) is 0 Å². The van der Waals surface area contributed by atoms with E-state index in [4.69, 9.17) is 20.9 Å². The van der Waals surface area contributed by atoms with Gasteiger partial charge in [0.05, 0.1) is 12.2 Å². The lowest BCUT2D eigenvalue weighted by atomic mass is 9.73. The first kappa shape index (κ1) is 34.9. The van der Waals surface area contributed by atoms with Gasteiger partial charge in [-0.2, -0.15) is 0 Å². The summed E-state index contributed by atoms with van der Waals surface area (Å²) in [6.07, 6.45) is 13.2. The zero-order chi connectivity index (χ0) is 32.4. The largest absolute Gasteiger partial charge is 0.504 e. The fourth-order valence-corrected chi connectivity index (χ4v) is 7.67. The highest BCUT2D eigenvalue weighted by molar-refractivity contribution is 5.79. The number of aliphatic imine (C=N–C) groups is 1. The molecule has 1 amide bonds. The molecule has 0 spiro atoms. The molecule has 0 aromatic heterocycles. The molecule has 1 heterocycles. The third-order valence-electron chi connectivity index (χ3n) is 10.2. The quantitative estimate of drug-likeness (QED) is 0.0803. The number of benzene rings is 1. The molecule has 3 atom stereocenters. The predicted molar refractivity (Wildman–Crippen MR) is 175 cm³/mol. The average Bonchev–Trinajstić information content (AvgIpc) is 3.75. The van der Waals surface area contributed by atoms with E-state index >= 15 is 0 Å². The molecule has 2 saturated carbocycles. The molecule has 3 fully saturated rings.